The normalized spacial score (nSPS) is 17.7. The molecule has 0 bridgehead atoms. The minimum absolute atomic E-state index is 0.324. The Morgan fingerprint density at radius 1 is 1.20 bits per heavy atom. The maximum absolute atomic E-state index is 11.9. The first-order chi connectivity index (χ1) is 6.91. The van der Waals surface area contributed by atoms with Crippen LogP contribution in [0, 0.1) is 11.8 Å². The summed E-state index contributed by atoms with van der Waals surface area (Å²) in [6.07, 6.45) is 5.51. The molecule has 0 radical (unpaired) electrons. The lowest BCUT2D eigenvalue weighted by atomic mass is 10.0. The maximum Gasteiger partial charge on any atom is 0.201 e. The Labute approximate surface area is 94.9 Å². The van der Waals surface area contributed by atoms with Crippen LogP contribution in [0.15, 0.2) is 0 Å². The molecule has 0 heterocycles. The molecule has 3 heteroatoms. The zero-order chi connectivity index (χ0) is 11.9. The fourth-order valence-electron chi connectivity index (χ4n) is 1.97. The van der Waals surface area contributed by atoms with E-state index in [9.17, 15) is 9.46 Å². The van der Waals surface area contributed by atoms with E-state index in [4.69, 9.17) is 0 Å². The van der Waals surface area contributed by atoms with Crippen molar-refractivity contribution in [2.45, 2.75) is 53.4 Å². The predicted octanol–water partition coefficient (Wildman–Crippen LogP) is 4.13. The van der Waals surface area contributed by atoms with Gasteiger partial charge in [-0.1, -0.05) is 47.0 Å². The topological polar surface area (TPSA) is 37.3 Å². The summed E-state index contributed by atoms with van der Waals surface area (Å²) in [5.41, 5.74) is 0. The minimum atomic E-state index is -2.86. The lowest BCUT2D eigenvalue weighted by Gasteiger charge is -2.20. The summed E-state index contributed by atoms with van der Waals surface area (Å²) < 4.78 is 11.9. The van der Waals surface area contributed by atoms with E-state index in [2.05, 4.69) is 13.8 Å². The van der Waals surface area contributed by atoms with Gasteiger partial charge in [-0.05, 0) is 18.3 Å². The summed E-state index contributed by atoms with van der Waals surface area (Å²) in [5.74, 6) is 0.768. The maximum atomic E-state index is 11.9. The number of hydrogen-bond donors (Lipinski definition) is 1. The Bertz CT molecular complexity index is 202. The molecule has 92 valence electrons. The summed E-state index contributed by atoms with van der Waals surface area (Å²) >= 11 is 0. The molecule has 0 saturated heterocycles. The second-order valence-corrected chi connectivity index (χ2v) is 7.44. The van der Waals surface area contributed by atoms with Crippen molar-refractivity contribution in [3.8, 4) is 0 Å². The fraction of sp³-hybridized carbons (Fsp3) is 1.00. The second kappa shape index (κ2) is 7.46. The quantitative estimate of drug-likeness (QED) is 0.641. The lowest BCUT2D eigenvalue weighted by Crippen LogP contribution is -2.10. The van der Waals surface area contributed by atoms with Gasteiger partial charge in [0, 0.05) is 12.3 Å². The molecular weight excluding hydrogens is 207 g/mol. The van der Waals surface area contributed by atoms with Crippen molar-refractivity contribution in [1.29, 1.82) is 0 Å². The summed E-state index contributed by atoms with van der Waals surface area (Å²) in [4.78, 5) is 9.84. The Balaban J connectivity index is 4.08. The van der Waals surface area contributed by atoms with Gasteiger partial charge >= 0.3 is 0 Å². The van der Waals surface area contributed by atoms with Crippen molar-refractivity contribution < 1.29 is 9.46 Å². The lowest BCUT2D eigenvalue weighted by molar-refractivity contribution is 0.431. The average Bonchev–Trinajstić information content (AvgIpc) is 2.09. The molecule has 2 unspecified atom stereocenters. The van der Waals surface area contributed by atoms with Crippen LogP contribution >= 0.6 is 7.37 Å². The highest BCUT2D eigenvalue weighted by Crippen LogP contribution is 2.45. The van der Waals surface area contributed by atoms with Crippen molar-refractivity contribution in [2.24, 2.45) is 11.8 Å². The number of rotatable bonds is 8. The van der Waals surface area contributed by atoms with Gasteiger partial charge in [-0.2, -0.15) is 0 Å². The smallest absolute Gasteiger partial charge is 0.201 e. The summed E-state index contributed by atoms with van der Waals surface area (Å²) in [5, 5.41) is 0. The van der Waals surface area contributed by atoms with Crippen LogP contribution in [0.4, 0.5) is 0 Å². The molecule has 0 fully saturated rings. The molecule has 0 aromatic rings. The Morgan fingerprint density at radius 2 is 1.80 bits per heavy atom. The van der Waals surface area contributed by atoms with Crippen LogP contribution < -0.4 is 0 Å². The van der Waals surface area contributed by atoms with Gasteiger partial charge in [-0.25, -0.2) is 0 Å². The van der Waals surface area contributed by atoms with E-state index in [0.717, 1.165) is 12.8 Å². The van der Waals surface area contributed by atoms with Crippen LogP contribution in [-0.4, -0.2) is 17.2 Å². The molecule has 0 saturated carbocycles. The van der Waals surface area contributed by atoms with Gasteiger partial charge in [0.25, 0.3) is 0 Å². The van der Waals surface area contributed by atoms with E-state index in [0.29, 0.717) is 24.2 Å². The van der Waals surface area contributed by atoms with Gasteiger partial charge in [0.15, 0.2) is 0 Å². The molecule has 1 N–H and O–H groups in total. The van der Waals surface area contributed by atoms with E-state index >= 15 is 0 Å². The van der Waals surface area contributed by atoms with E-state index < -0.39 is 7.37 Å². The molecule has 0 aromatic carbocycles. The van der Waals surface area contributed by atoms with Crippen LogP contribution in [0.2, 0.25) is 0 Å². The van der Waals surface area contributed by atoms with Crippen molar-refractivity contribution in [2.75, 3.05) is 12.3 Å². The van der Waals surface area contributed by atoms with Crippen molar-refractivity contribution in [3.63, 3.8) is 0 Å². The molecule has 15 heavy (non-hydrogen) atoms. The molecule has 2 atom stereocenters. The van der Waals surface area contributed by atoms with E-state index in [1.807, 2.05) is 13.8 Å². The highest BCUT2D eigenvalue weighted by Gasteiger charge is 2.23. The van der Waals surface area contributed by atoms with Crippen LogP contribution in [0.5, 0.6) is 0 Å². The third-order valence-electron chi connectivity index (χ3n) is 2.74. The molecule has 0 amide bonds. The average molecular weight is 234 g/mol. The Hall–Kier alpha value is 0.190. The van der Waals surface area contributed by atoms with Crippen LogP contribution in [0.25, 0.3) is 0 Å². The monoisotopic (exact) mass is 234 g/mol. The summed E-state index contributed by atoms with van der Waals surface area (Å²) in [6.45, 7) is 8.31. The number of unbranched alkanes of at least 4 members (excludes halogenated alkanes) is 1. The summed E-state index contributed by atoms with van der Waals surface area (Å²) in [6, 6.07) is 0. The Morgan fingerprint density at radius 3 is 2.20 bits per heavy atom. The van der Waals surface area contributed by atoms with Gasteiger partial charge in [0.05, 0.1) is 0 Å². The SMILES string of the molecule is CCCCC(CC)CP(=O)(O)CC(C)C. The highest BCUT2D eigenvalue weighted by molar-refractivity contribution is 7.58. The third kappa shape index (κ3) is 8.04. The van der Waals surface area contributed by atoms with E-state index in [1.54, 1.807) is 0 Å². The first-order valence-electron chi connectivity index (χ1n) is 6.22. The number of hydrogen-bond acceptors (Lipinski definition) is 1. The predicted molar refractivity (Wildman–Crippen MR) is 67.7 cm³/mol. The van der Waals surface area contributed by atoms with Gasteiger partial charge in [0.2, 0.25) is 7.37 Å². The van der Waals surface area contributed by atoms with Crippen LogP contribution in [-0.2, 0) is 4.57 Å². The Kier molecular flexibility index (Phi) is 7.56. The first kappa shape index (κ1) is 15.2. The molecule has 0 aliphatic rings. The van der Waals surface area contributed by atoms with E-state index in [-0.39, 0.29) is 0 Å². The molecule has 0 spiro atoms. The van der Waals surface area contributed by atoms with E-state index in [1.165, 1.54) is 12.8 Å². The molecule has 0 aliphatic heterocycles. The van der Waals surface area contributed by atoms with Crippen molar-refractivity contribution in [1.82, 2.24) is 0 Å². The van der Waals surface area contributed by atoms with Crippen molar-refractivity contribution in [3.05, 3.63) is 0 Å². The second-order valence-electron chi connectivity index (χ2n) is 5.02. The summed E-state index contributed by atoms with van der Waals surface area (Å²) in [7, 11) is -2.86. The first-order valence-corrected chi connectivity index (χ1v) is 8.25. The third-order valence-corrected chi connectivity index (χ3v) is 5.13. The van der Waals surface area contributed by atoms with Crippen molar-refractivity contribution >= 4 is 7.37 Å². The molecular formula is C12H27O2P. The molecule has 0 aliphatic carbocycles. The zero-order valence-electron chi connectivity index (χ0n) is 10.7. The fourth-order valence-corrected chi connectivity index (χ4v) is 4.50. The highest BCUT2D eigenvalue weighted by atomic mass is 31.2. The molecule has 0 aromatic heterocycles. The van der Waals surface area contributed by atoms with Gasteiger partial charge < -0.3 is 4.89 Å². The standard InChI is InChI=1S/C12H27O2P/c1-5-7-8-12(6-2)10-15(13,14)9-11(3)4/h11-12H,5-10H2,1-4H3,(H,13,14). The molecule has 0 rings (SSSR count). The minimum Gasteiger partial charge on any atom is -0.344 e. The van der Waals surface area contributed by atoms with Crippen LogP contribution in [0.3, 0.4) is 0 Å². The van der Waals surface area contributed by atoms with Gasteiger partial charge in [0.1, 0.15) is 0 Å². The molecule has 2 nitrogen and oxygen atoms in total. The van der Waals surface area contributed by atoms with Gasteiger partial charge in [-0.15, -0.1) is 0 Å². The largest absolute Gasteiger partial charge is 0.344 e. The zero-order valence-corrected chi connectivity index (χ0v) is 11.6. The van der Waals surface area contributed by atoms with Crippen LogP contribution in [0.1, 0.15) is 53.4 Å². The van der Waals surface area contributed by atoms with Gasteiger partial charge in [-0.3, -0.25) is 4.57 Å².